The standard InChI is InChI=1S/C23H25NO2/c1-16-5-7-17(8-6-16)9-10-18-4-3-13-26-22-15-24-21-12-11-19(25-2)14-20(21)23(18)22/h4,9,11-12,14-15H,1,3,5-8,10,13H2,2H3. The fourth-order valence-corrected chi connectivity index (χ4v) is 3.79. The molecule has 2 aliphatic rings. The smallest absolute Gasteiger partial charge is 0.145 e. The van der Waals surface area contributed by atoms with Crippen LogP contribution in [-0.4, -0.2) is 18.7 Å². The van der Waals surface area contributed by atoms with Gasteiger partial charge in [0, 0.05) is 17.4 Å². The number of ether oxygens (including phenoxy) is 2. The van der Waals surface area contributed by atoms with Gasteiger partial charge in [0.15, 0.2) is 0 Å². The van der Waals surface area contributed by atoms with Gasteiger partial charge in [-0.15, -0.1) is 0 Å². The fourth-order valence-electron chi connectivity index (χ4n) is 3.79. The predicted molar refractivity (Wildman–Crippen MR) is 107 cm³/mol. The van der Waals surface area contributed by atoms with Gasteiger partial charge in [-0.3, -0.25) is 4.98 Å². The van der Waals surface area contributed by atoms with Crippen LogP contribution in [0.1, 0.15) is 44.1 Å². The second kappa shape index (κ2) is 7.36. The Labute approximate surface area is 155 Å². The van der Waals surface area contributed by atoms with Gasteiger partial charge >= 0.3 is 0 Å². The Morgan fingerprint density at radius 3 is 2.88 bits per heavy atom. The minimum absolute atomic E-state index is 0.698. The molecule has 0 saturated heterocycles. The molecule has 4 rings (SSSR count). The maximum absolute atomic E-state index is 5.98. The minimum Gasteiger partial charge on any atom is -0.497 e. The van der Waals surface area contributed by atoms with E-state index in [-0.39, 0.29) is 0 Å². The average molecular weight is 347 g/mol. The largest absolute Gasteiger partial charge is 0.497 e. The lowest BCUT2D eigenvalue weighted by Crippen LogP contribution is -1.98. The number of hydrogen-bond donors (Lipinski definition) is 0. The molecular formula is C23H25NO2. The van der Waals surface area contributed by atoms with E-state index in [1.807, 2.05) is 18.3 Å². The van der Waals surface area contributed by atoms with E-state index in [0.29, 0.717) is 6.61 Å². The van der Waals surface area contributed by atoms with Crippen molar-refractivity contribution >= 4 is 16.5 Å². The Hall–Kier alpha value is -2.55. The van der Waals surface area contributed by atoms with E-state index in [1.54, 1.807) is 12.7 Å². The first-order chi connectivity index (χ1) is 12.7. The number of benzene rings is 1. The molecule has 1 aromatic heterocycles. The van der Waals surface area contributed by atoms with Crippen molar-refractivity contribution in [2.24, 2.45) is 0 Å². The van der Waals surface area contributed by atoms with Crippen LogP contribution in [0.4, 0.5) is 0 Å². The number of hydrogen-bond acceptors (Lipinski definition) is 3. The van der Waals surface area contributed by atoms with Crippen molar-refractivity contribution in [3.8, 4) is 11.5 Å². The fraction of sp³-hybridized carbons (Fsp3) is 0.348. The molecule has 0 N–H and O–H groups in total. The van der Waals surface area contributed by atoms with E-state index in [1.165, 1.54) is 16.7 Å². The first-order valence-corrected chi connectivity index (χ1v) is 9.38. The molecule has 1 saturated carbocycles. The average Bonchev–Trinajstić information content (AvgIpc) is 2.89. The van der Waals surface area contributed by atoms with Gasteiger partial charge in [-0.2, -0.15) is 0 Å². The summed E-state index contributed by atoms with van der Waals surface area (Å²) in [5, 5.41) is 1.10. The van der Waals surface area contributed by atoms with E-state index in [2.05, 4.69) is 29.8 Å². The van der Waals surface area contributed by atoms with Gasteiger partial charge in [-0.25, -0.2) is 0 Å². The number of allylic oxidation sites excluding steroid dienone is 4. The van der Waals surface area contributed by atoms with Gasteiger partial charge in [0.25, 0.3) is 0 Å². The molecule has 0 unspecified atom stereocenters. The van der Waals surface area contributed by atoms with Crippen molar-refractivity contribution in [3.05, 3.63) is 59.8 Å². The molecule has 1 aromatic carbocycles. The third-order valence-corrected chi connectivity index (χ3v) is 5.34. The van der Waals surface area contributed by atoms with Crippen LogP contribution in [0.3, 0.4) is 0 Å². The lowest BCUT2D eigenvalue weighted by Gasteiger charge is -2.17. The first kappa shape index (κ1) is 16.9. The van der Waals surface area contributed by atoms with Crippen molar-refractivity contribution in [1.29, 1.82) is 0 Å². The highest BCUT2D eigenvalue weighted by Gasteiger charge is 2.17. The van der Waals surface area contributed by atoms with E-state index < -0.39 is 0 Å². The molecule has 1 fully saturated rings. The summed E-state index contributed by atoms with van der Waals surface area (Å²) in [7, 11) is 1.70. The van der Waals surface area contributed by atoms with Gasteiger partial charge in [0.1, 0.15) is 11.5 Å². The van der Waals surface area contributed by atoms with E-state index in [4.69, 9.17) is 9.47 Å². The highest BCUT2D eigenvalue weighted by atomic mass is 16.5. The molecule has 3 heteroatoms. The summed E-state index contributed by atoms with van der Waals surface area (Å²) in [5.74, 6) is 1.73. The molecule has 26 heavy (non-hydrogen) atoms. The van der Waals surface area contributed by atoms with Crippen LogP contribution in [0.5, 0.6) is 11.5 Å². The number of pyridine rings is 1. The summed E-state index contributed by atoms with van der Waals surface area (Å²) in [6, 6.07) is 6.04. The van der Waals surface area contributed by atoms with E-state index in [9.17, 15) is 0 Å². The molecule has 1 aliphatic carbocycles. The molecule has 0 radical (unpaired) electrons. The normalized spacial score (nSPS) is 17.2. The maximum atomic E-state index is 5.98. The molecular weight excluding hydrogens is 322 g/mol. The van der Waals surface area contributed by atoms with Crippen molar-refractivity contribution < 1.29 is 9.47 Å². The second-order valence-corrected chi connectivity index (χ2v) is 7.06. The minimum atomic E-state index is 0.698. The lowest BCUT2D eigenvalue weighted by molar-refractivity contribution is 0.326. The zero-order chi connectivity index (χ0) is 17.9. The lowest BCUT2D eigenvalue weighted by atomic mass is 9.89. The van der Waals surface area contributed by atoms with Crippen LogP contribution in [0.15, 0.2) is 54.3 Å². The second-order valence-electron chi connectivity index (χ2n) is 7.06. The van der Waals surface area contributed by atoms with Crippen molar-refractivity contribution in [1.82, 2.24) is 4.98 Å². The van der Waals surface area contributed by atoms with Crippen LogP contribution in [0.25, 0.3) is 16.5 Å². The molecule has 3 nitrogen and oxygen atoms in total. The maximum Gasteiger partial charge on any atom is 0.145 e. The molecule has 2 aromatic rings. The van der Waals surface area contributed by atoms with E-state index in [0.717, 1.165) is 60.9 Å². The Morgan fingerprint density at radius 1 is 1.23 bits per heavy atom. The Bertz CT molecular complexity index is 896. The summed E-state index contributed by atoms with van der Waals surface area (Å²) >= 11 is 0. The van der Waals surface area contributed by atoms with Gasteiger partial charge in [0.05, 0.1) is 25.4 Å². The third-order valence-electron chi connectivity index (χ3n) is 5.34. The zero-order valence-corrected chi connectivity index (χ0v) is 15.4. The Kier molecular flexibility index (Phi) is 4.79. The number of methoxy groups -OCH3 is 1. The van der Waals surface area contributed by atoms with Crippen molar-refractivity contribution in [2.45, 2.75) is 38.5 Å². The van der Waals surface area contributed by atoms with Gasteiger partial charge in [0.2, 0.25) is 0 Å². The van der Waals surface area contributed by atoms with Crippen LogP contribution >= 0.6 is 0 Å². The number of nitrogens with zero attached hydrogens (tertiary/aromatic N) is 1. The quantitative estimate of drug-likeness (QED) is 0.652. The van der Waals surface area contributed by atoms with Crippen molar-refractivity contribution in [2.75, 3.05) is 13.7 Å². The topological polar surface area (TPSA) is 31.4 Å². The molecule has 0 atom stereocenters. The van der Waals surface area contributed by atoms with Gasteiger partial charge in [-0.05, 0) is 55.9 Å². The summed E-state index contributed by atoms with van der Waals surface area (Å²) in [6.07, 6.45) is 13.0. The van der Waals surface area contributed by atoms with Crippen LogP contribution in [0, 0.1) is 0 Å². The van der Waals surface area contributed by atoms with Gasteiger partial charge < -0.3 is 9.47 Å². The highest BCUT2D eigenvalue weighted by molar-refractivity contribution is 5.95. The summed E-state index contributed by atoms with van der Waals surface area (Å²) in [5.41, 5.74) is 6.42. The predicted octanol–water partition coefficient (Wildman–Crippen LogP) is 5.86. The van der Waals surface area contributed by atoms with Crippen LogP contribution in [0.2, 0.25) is 0 Å². The SMILES string of the molecule is C=C1CCC(=CCC2=CCCOc3cnc4ccc(OC)cc4c32)CC1. The highest BCUT2D eigenvalue weighted by Crippen LogP contribution is 2.38. The Balaban J connectivity index is 1.73. The zero-order valence-electron chi connectivity index (χ0n) is 15.4. The number of rotatable bonds is 3. The summed E-state index contributed by atoms with van der Waals surface area (Å²) in [6.45, 7) is 4.82. The summed E-state index contributed by atoms with van der Waals surface area (Å²) < 4.78 is 11.4. The molecule has 0 amide bonds. The van der Waals surface area contributed by atoms with Gasteiger partial charge in [-0.1, -0.05) is 29.9 Å². The molecule has 134 valence electrons. The molecule has 0 bridgehead atoms. The summed E-state index contributed by atoms with van der Waals surface area (Å²) in [4.78, 5) is 4.57. The van der Waals surface area contributed by atoms with Crippen molar-refractivity contribution in [3.63, 3.8) is 0 Å². The van der Waals surface area contributed by atoms with Crippen LogP contribution < -0.4 is 9.47 Å². The monoisotopic (exact) mass is 347 g/mol. The molecule has 2 heterocycles. The third kappa shape index (κ3) is 3.39. The Morgan fingerprint density at radius 2 is 2.08 bits per heavy atom. The molecule has 1 aliphatic heterocycles. The van der Waals surface area contributed by atoms with E-state index >= 15 is 0 Å². The number of fused-ring (bicyclic) bond motifs is 3. The molecule has 0 spiro atoms. The first-order valence-electron chi connectivity index (χ1n) is 9.38. The van der Waals surface area contributed by atoms with Crippen LogP contribution in [-0.2, 0) is 0 Å². The number of aromatic nitrogens is 1.